The average molecular weight is 372 g/mol. The van der Waals surface area contributed by atoms with Crippen LogP contribution in [0.15, 0.2) is 29.2 Å². The smallest absolute Gasteiger partial charge is 0.308 e. The van der Waals surface area contributed by atoms with Gasteiger partial charge in [0.25, 0.3) is 5.91 Å². The van der Waals surface area contributed by atoms with Crippen LogP contribution in [-0.4, -0.2) is 56.6 Å². The van der Waals surface area contributed by atoms with Gasteiger partial charge in [-0.1, -0.05) is 0 Å². The number of nitrogens with one attached hydrogen (secondary N) is 1. The second kappa shape index (κ2) is 7.81. The topological polar surface area (TPSA) is 122 Å². The van der Waals surface area contributed by atoms with Crippen LogP contribution in [0.3, 0.4) is 0 Å². The largest absolute Gasteiger partial charge is 0.497 e. The van der Waals surface area contributed by atoms with Crippen LogP contribution < -0.4 is 10.2 Å². The van der Waals surface area contributed by atoms with Gasteiger partial charge in [0, 0.05) is 6.54 Å². The number of sulfonamides is 1. The molecule has 1 aromatic rings. The van der Waals surface area contributed by atoms with E-state index >= 15 is 0 Å². The van der Waals surface area contributed by atoms with Crippen molar-refractivity contribution in [1.82, 2.24) is 9.79 Å². The number of benzene rings is 1. The molecule has 1 aliphatic rings. The molecule has 1 aliphatic heterocycles. The van der Waals surface area contributed by atoms with Gasteiger partial charge in [0.2, 0.25) is 10.0 Å². The number of carbonyl (C=O) groups excluding carboxylic acids is 2. The molecule has 0 unspecified atom stereocenters. The van der Waals surface area contributed by atoms with Gasteiger partial charge >= 0.3 is 5.97 Å². The molecule has 0 aliphatic carbocycles. The second-order valence-electron chi connectivity index (χ2n) is 5.53. The Morgan fingerprint density at radius 2 is 1.88 bits per heavy atom. The molecule has 2 atom stereocenters. The summed E-state index contributed by atoms with van der Waals surface area (Å²) in [5.74, 6) is -1.54. The highest BCUT2D eigenvalue weighted by Gasteiger charge is 2.42. The predicted molar refractivity (Wildman–Crippen MR) is 85.3 cm³/mol. The summed E-state index contributed by atoms with van der Waals surface area (Å²) in [5.41, 5.74) is 1.47. The van der Waals surface area contributed by atoms with E-state index in [1.165, 1.54) is 44.0 Å². The Morgan fingerprint density at radius 1 is 1.24 bits per heavy atom. The van der Waals surface area contributed by atoms with Crippen LogP contribution in [0.4, 0.5) is 0 Å². The van der Waals surface area contributed by atoms with Crippen molar-refractivity contribution in [2.24, 2.45) is 5.92 Å². The Hall–Kier alpha value is -2.17. The number of hydroxylamine groups is 1. The van der Waals surface area contributed by atoms with Gasteiger partial charge in [-0.3, -0.25) is 14.8 Å². The van der Waals surface area contributed by atoms with E-state index in [0.29, 0.717) is 5.75 Å². The molecular formula is C15H20N2O7S. The van der Waals surface area contributed by atoms with E-state index < -0.39 is 33.9 Å². The van der Waals surface area contributed by atoms with Crippen molar-refractivity contribution in [3.05, 3.63) is 24.3 Å². The van der Waals surface area contributed by atoms with Gasteiger partial charge < -0.3 is 9.47 Å². The molecule has 1 saturated heterocycles. The first-order valence-electron chi connectivity index (χ1n) is 7.52. The zero-order valence-electron chi connectivity index (χ0n) is 13.8. The summed E-state index contributed by atoms with van der Waals surface area (Å²) in [5, 5.41) is 8.94. The minimum Gasteiger partial charge on any atom is -0.497 e. The lowest BCUT2D eigenvalue weighted by atomic mass is 9.92. The maximum Gasteiger partial charge on any atom is 0.308 e. The molecule has 1 heterocycles. The van der Waals surface area contributed by atoms with Crippen molar-refractivity contribution in [2.75, 3.05) is 20.8 Å². The van der Waals surface area contributed by atoms with Crippen molar-refractivity contribution in [3.8, 4) is 5.75 Å². The molecule has 1 fully saturated rings. The van der Waals surface area contributed by atoms with Gasteiger partial charge in [-0.2, -0.15) is 4.31 Å². The van der Waals surface area contributed by atoms with Crippen LogP contribution in [0.2, 0.25) is 0 Å². The average Bonchev–Trinajstić information content (AvgIpc) is 2.66. The molecule has 0 aromatic heterocycles. The van der Waals surface area contributed by atoms with E-state index in [9.17, 15) is 18.0 Å². The maximum absolute atomic E-state index is 12.9. The van der Waals surface area contributed by atoms with Gasteiger partial charge in [-0.05, 0) is 37.1 Å². The zero-order chi connectivity index (χ0) is 18.6. The molecule has 25 heavy (non-hydrogen) atoms. The molecule has 0 radical (unpaired) electrons. The third-order valence-electron chi connectivity index (χ3n) is 4.17. The Morgan fingerprint density at radius 3 is 2.40 bits per heavy atom. The fourth-order valence-corrected chi connectivity index (χ4v) is 4.42. The van der Waals surface area contributed by atoms with Gasteiger partial charge in [-0.25, -0.2) is 13.9 Å². The van der Waals surface area contributed by atoms with Crippen molar-refractivity contribution in [3.63, 3.8) is 0 Å². The standard InChI is InChI=1S/C15H20N2O7S/c1-23-11-3-5-12(6-4-11)25(21,22)17-8-7-10(15(19)24-2)9-13(17)14(18)16-20/h3-6,10,13,20H,7-9H2,1-2H3,(H,16,18)/t10-,13-/m1/s1. The molecule has 9 nitrogen and oxygen atoms in total. The lowest BCUT2D eigenvalue weighted by Gasteiger charge is -2.36. The summed E-state index contributed by atoms with van der Waals surface area (Å²) in [7, 11) is -1.31. The van der Waals surface area contributed by atoms with Crippen LogP contribution in [0, 0.1) is 5.92 Å². The van der Waals surface area contributed by atoms with Crippen LogP contribution in [0.25, 0.3) is 0 Å². The number of ether oxygens (including phenoxy) is 2. The highest BCUT2D eigenvalue weighted by atomic mass is 32.2. The quantitative estimate of drug-likeness (QED) is 0.428. The van der Waals surface area contributed by atoms with Gasteiger partial charge in [0.1, 0.15) is 11.8 Å². The molecule has 1 aromatic carbocycles. The third kappa shape index (κ3) is 3.91. The van der Waals surface area contributed by atoms with E-state index in [1.807, 2.05) is 0 Å². The van der Waals surface area contributed by atoms with Gasteiger partial charge in [0.05, 0.1) is 25.0 Å². The predicted octanol–water partition coefficient (Wildman–Crippen LogP) is 0.143. The van der Waals surface area contributed by atoms with Crippen molar-refractivity contribution < 1.29 is 32.7 Å². The lowest BCUT2D eigenvalue weighted by molar-refractivity contribution is -0.148. The van der Waals surface area contributed by atoms with Crippen molar-refractivity contribution in [1.29, 1.82) is 0 Å². The number of hydrogen-bond donors (Lipinski definition) is 2. The molecule has 10 heteroatoms. The third-order valence-corrected chi connectivity index (χ3v) is 6.09. The summed E-state index contributed by atoms with van der Waals surface area (Å²) in [6, 6.07) is 4.52. The van der Waals surface area contributed by atoms with E-state index in [4.69, 9.17) is 9.94 Å². The molecule has 0 bridgehead atoms. The summed E-state index contributed by atoms with van der Waals surface area (Å²) < 4.78 is 36.4. The zero-order valence-corrected chi connectivity index (χ0v) is 14.7. The summed E-state index contributed by atoms with van der Waals surface area (Å²) in [4.78, 5) is 23.7. The fraction of sp³-hybridized carbons (Fsp3) is 0.467. The lowest BCUT2D eigenvalue weighted by Crippen LogP contribution is -2.54. The van der Waals surface area contributed by atoms with Gasteiger partial charge in [0.15, 0.2) is 0 Å². The number of methoxy groups -OCH3 is 2. The number of nitrogens with zero attached hydrogens (tertiary/aromatic N) is 1. The maximum atomic E-state index is 12.9. The normalized spacial score (nSPS) is 21.4. The van der Waals surface area contributed by atoms with Crippen LogP contribution in [-0.2, 0) is 24.3 Å². The van der Waals surface area contributed by atoms with Crippen LogP contribution in [0.5, 0.6) is 5.75 Å². The minimum absolute atomic E-state index is 0.0134. The number of piperidine rings is 1. The first-order chi connectivity index (χ1) is 11.8. The van der Waals surface area contributed by atoms with E-state index in [1.54, 1.807) is 0 Å². The Balaban J connectivity index is 2.33. The SMILES string of the molecule is COC(=O)[C@@H]1CCN(S(=O)(=O)c2ccc(OC)cc2)[C@@H](C(=O)NO)C1. The van der Waals surface area contributed by atoms with Crippen molar-refractivity contribution >= 4 is 21.9 Å². The van der Waals surface area contributed by atoms with Gasteiger partial charge in [-0.15, -0.1) is 0 Å². The van der Waals surface area contributed by atoms with Crippen LogP contribution >= 0.6 is 0 Å². The second-order valence-corrected chi connectivity index (χ2v) is 7.42. The molecular weight excluding hydrogens is 352 g/mol. The van der Waals surface area contributed by atoms with E-state index in [-0.39, 0.29) is 24.3 Å². The highest BCUT2D eigenvalue weighted by molar-refractivity contribution is 7.89. The molecule has 138 valence electrons. The van der Waals surface area contributed by atoms with Crippen molar-refractivity contribution in [2.45, 2.75) is 23.8 Å². The molecule has 2 rings (SSSR count). The summed E-state index contributed by atoms with van der Waals surface area (Å²) in [6.07, 6.45) is 0.145. The Bertz CT molecular complexity index is 733. The highest BCUT2D eigenvalue weighted by Crippen LogP contribution is 2.30. The summed E-state index contributed by atoms with van der Waals surface area (Å²) >= 11 is 0. The minimum atomic E-state index is -3.99. The summed E-state index contributed by atoms with van der Waals surface area (Å²) in [6.45, 7) is -0.0494. The first-order valence-corrected chi connectivity index (χ1v) is 8.96. The van der Waals surface area contributed by atoms with E-state index in [2.05, 4.69) is 4.74 Å². The first kappa shape index (κ1) is 19.2. The van der Waals surface area contributed by atoms with Crippen LogP contribution in [0.1, 0.15) is 12.8 Å². The van der Waals surface area contributed by atoms with E-state index in [0.717, 1.165) is 4.31 Å². The molecule has 2 N–H and O–H groups in total. The number of esters is 1. The number of carbonyl (C=O) groups is 2. The molecule has 0 spiro atoms. The number of hydrogen-bond acceptors (Lipinski definition) is 7. The number of amides is 1. The number of rotatable bonds is 5. The molecule has 1 amide bonds. The fourth-order valence-electron chi connectivity index (χ4n) is 2.81. The Kier molecular flexibility index (Phi) is 5.98. The monoisotopic (exact) mass is 372 g/mol. The molecule has 0 saturated carbocycles. The Labute approximate surface area is 145 Å².